The number of nitrogens with zero attached hydrogens (tertiary/aromatic N) is 3. The Morgan fingerprint density at radius 2 is 1.76 bits per heavy atom. The number of amides is 3. The largest absolute Gasteiger partial charge is 0.361 e. The van der Waals surface area contributed by atoms with Gasteiger partial charge in [0.15, 0.2) is 5.82 Å². The van der Waals surface area contributed by atoms with Crippen molar-refractivity contribution in [3.63, 3.8) is 0 Å². The summed E-state index contributed by atoms with van der Waals surface area (Å²) in [6.45, 7) is 6.83. The number of benzene rings is 2. The number of hydrogen-bond acceptors (Lipinski definition) is 5. The normalized spacial score (nSPS) is 15.8. The van der Waals surface area contributed by atoms with E-state index in [9.17, 15) is 14.4 Å². The van der Waals surface area contributed by atoms with Gasteiger partial charge in [0.2, 0.25) is 17.7 Å². The molecule has 0 radical (unpaired) electrons. The molecule has 1 fully saturated rings. The molecule has 1 aliphatic rings. The summed E-state index contributed by atoms with van der Waals surface area (Å²) in [6.07, 6.45) is 7.27. The number of anilines is 1. The predicted octanol–water partition coefficient (Wildman–Crippen LogP) is 3.62. The molecule has 1 saturated heterocycles. The lowest BCUT2D eigenvalue weighted by molar-refractivity contribution is -0.135. The number of nitrogens with one attached hydrogen (secondary N) is 3. The average molecular weight is 570 g/mol. The average Bonchev–Trinajstić information content (AvgIpc) is 3.60. The first-order valence-corrected chi connectivity index (χ1v) is 14.4. The molecule has 10 heteroatoms. The van der Waals surface area contributed by atoms with Crippen LogP contribution in [0.2, 0.25) is 0 Å². The number of carbonyl (C=O) groups excluding carboxylic acids is 3. The highest BCUT2D eigenvalue weighted by Crippen LogP contribution is 2.26. The van der Waals surface area contributed by atoms with E-state index in [0.29, 0.717) is 19.0 Å². The molecule has 3 amide bonds. The van der Waals surface area contributed by atoms with Crippen LogP contribution in [0.4, 0.5) is 5.82 Å². The lowest BCUT2D eigenvalue weighted by Gasteiger charge is -2.33. The number of rotatable bonds is 9. The molecule has 5 N–H and O–H groups in total. The summed E-state index contributed by atoms with van der Waals surface area (Å²) in [4.78, 5) is 49.8. The fraction of sp³-hybridized carbons (Fsp3) is 0.375. The Morgan fingerprint density at radius 1 is 1.07 bits per heavy atom. The fourth-order valence-corrected chi connectivity index (χ4v) is 5.31. The Kier molecular flexibility index (Phi) is 8.44. The second kappa shape index (κ2) is 12.2. The molecule has 1 aliphatic heterocycles. The van der Waals surface area contributed by atoms with Gasteiger partial charge in [0.25, 0.3) is 0 Å². The van der Waals surface area contributed by atoms with E-state index >= 15 is 0 Å². The number of piperidine rings is 1. The molecule has 4 aromatic rings. The van der Waals surface area contributed by atoms with Crippen LogP contribution in [0.3, 0.4) is 0 Å². The zero-order valence-electron chi connectivity index (χ0n) is 24.3. The van der Waals surface area contributed by atoms with E-state index in [0.717, 1.165) is 34.9 Å². The second-order valence-corrected chi connectivity index (χ2v) is 11.8. The van der Waals surface area contributed by atoms with E-state index in [1.807, 2.05) is 65.7 Å². The summed E-state index contributed by atoms with van der Waals surface area (Å²) in [5, 5.41) is 6.63. The Morgan fingerprint density at radius 3 is 2.48 bits per heavy atom. The van der Waals surface area contributed by atoms with E-state index in [4.69, 9.17) is 5.73 Å². The van der Waals surface area contributed by atoms with Gasteiger partial charge in [-0.2, -0.15) is 0 Å². The molecule has 10 nitrogen and oxygen atoms in total. The monoisotopic (exact) mass is 569 g/mol. The van der Waals surface area contributed by atoms with Crippen LogP contribution in [0.5, 0.6) is 0 Å². The minimum absolute atomic E-state index is 0.00182. The van der Waals surface area contributed by atoms with Gasteiger partial charge >= 0.3 is 0 Å². The smallest absolute Gasteiger partial charge is 0.250 e. The zero-order valence-corrected chi connectivity index (χ0v) is 24.3. The number of para-hydroxylation sites is 1. The third-order valence-corrected chi connectivity index (χ3v) is 7.90. The summed E-state index contributed by atoms with van der Waals surface area (Å²) < 4.78 is 1.74. The number of imidazole rings is 1. The molecular formula is C32H39N7O3. The number of H-pyrrole nitrogens is 1. The van der Waals surface area contributed by atoms with E-state index in [2.05, 4.69) is 27.5 Å². The Labute approximate surface area is 245 Å². The highest BCUT2D eigenvalue weighted by molar-refractivity contribution is 5.98. The molecule has 2 atom stereocenters. The van der Waals surface area contributed by atoms with Gasteiger partial charge in [-0.1, -0.05) is 55.5 Å². The van der Waals surface area contributed by atoms with Gasteiger partial charge in [-0.3, -0.25) is 14.4 Å². The van der Waals surface area contributed by atoms with Gasteiger partial charge in [-0.05, 0) is 49.8 Å². The van der Waals surface area contributed by atoms with E-state index < -0.39 is 29.4 Å². The zero-order chi connectivity index (χ0) is 29.9. The Hall–Kier alpha value is -4.44. The van der Waals surface area contributed by atoms with E-state index in [1.165, 1.54) is 0 Å². The van der Waals surface area contributed by atoms with Crippen LogP contribution in [-0.4, -0.2) is 61.8 Å². The standard InChI is InChI=1S/C32H39N7O3/c1-21-13-15-38(16-14-21)30(41)28(22-9-5-4-6-10-22)39-19-27(35-20-39)37-29(40)26(36-31(42)32(2,3)33)17-23-18-34-25-12-8-7-11-24(23)25/h4-12,18-21,26,28,34H,13-17,33H2,1-3H3,(H,36,42)(H,37,40)/t26-,28?/m1/s1. The minimum Gasteiger partial charge on any atom is -0.361 e. The maximum absolute atomic E-state index is 13.8. The Balaban J connectivity index is 1.38. The van der Waals surface area contributed by atoms with Gasteiger partial charge in [0.1, 0.15) is 12.1 Å². The maximum Gasteiger partial charge on any atom is 0.250 e. The number of likely N-dealkylation sites (tertiary alicyclic amines) is 1. The number of aromatic nitrogens is 3. The molecule has 5 rings (SSSR count). The molecule has 0 aliphatic carbocycles. The van der Waals surface area contributed by atoms with Crippen LogP contribution in [-0.2, 0) is 20.8 Å². The van der Waals surface area contributed by atoms with Gasteiger partial charge in [0, 0.05) is 42.8 Å². The van der Waals surface area contributed by atoms with E-state index in [1.54, 1.807) is 30.9 Å². The summed E-state index contributed by atoms with van der Waals surface area (Å²) in [7, 11) is 0. The fourth-order valence-electron chi connectivity index (χ4n) is 5.31. The maximum atomic E-state index is 13.8. The molecule has 0 bridgehead atoms. The Bertz CT molecular complexity index is 1540. The molecule has 1 unspecified atom stereocenters. The summed E-state index contributed by atoms with van der Waals surface area (Å²) in [6, 6.07) is 15.8. The molecule has 42 heavy (non-hydrogen) atoms. The van der Waals surface area contributed by atoms with Crippen molar-refractivity contribution in [3.05, 3.63) is 84.4 Å². The highest BCUT2D eigenvalue weighted by atomic mass is 16.2. The lowest BCUT2D eigenvalue weighted by atomic mass is 9.97. The van der Waals surface area contributed by atoms with Crippen LogP contribution in [0.15, 0.2) is 73.3 Å². The van der Waals surface area contributed by atoms with Crippen molar-refractivity contribution in [1.29, 1.82) is 0 Å². The van der Waals surface area contributed by atoms with Crippen LogP contribution in [0.1, 0.15) is 50.8 Å². The van der Waals surface area contributed by atoms with Crippen molar-refractivity contribution in [3.8, 4) is 0 Å². The first-order chi connectivity index (χ1) is 20.1. The van der Waals surface area contributed by atoms with Crippen molar-refractivity contribution in [2.75, 3.05) is 18.4 Å². The molecular weight excluding hydrogens is 530 g/mol. The number of nitrogens with two attached hydrogens (primary N) is 1. The molecule has 3 heterocycles. The molecule has 220 valence electrons. The van der Waals surface area contributed by atoms with Crippen molar-refractivity contribution in [1.82, 2.24) is 24.8 Å². The molecule has 2 aromatic heterocycles. The van der Waals surface area contributed by atoms with E-state index in [-0.39, 0.29) is 18.1 Å². The lowest BCUT2D eigenvalue weighted by Crippen LogP contribution is -2.55. The number of carbonyl (C=O) groups is 3. The molecule has 0 spiro atoms. The molecule has 0 saturated carbocycles. The van der Waals surface area contributed by atoms with Crippen LogP contribution < -0.4 is 16.4 Å². The third kappa shape index (κ3) is 6.54. The topological polar surface area (TPSA) is 138 Å². The number of fused-ring (bicyclic) bond motifs is 1. The highest BCUT2D eigenvalue weighted by Gasteiger charge is 2.31. The predicted molar refractivity (Wildman–Crippen MR) is 163 cm³/mol. The van der Waals surface area contributed by atoms with Gasteiger partial charge < -0.3 is 30.8 Å². The summed E-state index contributed by atoms with van der Waals surface area (Å²) in [5.74, 6) is 0.000354. The van der Waals surface area contributed by atoms with Gasteiger partial charge in [-0.15, -0.1) is 0 Å². The summed E-state index contributed by atoms with van der Waals surface area (Å²) in [5.41, 5.74) is 7.53. The van der Waals surface area contributed by atoms with Crippen molar-refractivity contribution in [2.24, 2.45) is 11.7 Å². The SMILES string of the molecule is CC1CCN(C(=O)C(c2ccccc2)n2cnc(NC(=O)[C@@H](Cc3c[nH]c4ccccc34)NC(=O)C(C)(C)N)c2)CC1. The van der Waals surface area contributed by atoms with Gasteiger partial charge in [-0.25, -0.2) is 4.98 Å². The van der Waals surface area contributed by atoms with Crippen molar-refractivity contribution >= 4 is 34.4 Å². The summed E-state index contributed by atoms with van der Waals surface area (Å²) >= 11 is 0. The first kappa shape index (κ1) is 29.1. The van der Waals surface area contributed by atoms with Gasteiger partial charge in [0.05, 0.1) is 11.9 Å². The van der Waals surface area contributed by atoms with Crippen molar-refractivity contribution in [2.45, 2.75) is 57.7 Å². The van der Waals surface area contributed by atoms with Crippen molar-refractivity contribution < 1.29 is 14.4 Å². The van der Waals surface area contributed by atoms with Crippen LogP contribution >= 0.6 is 0 Å². The number of aromatic amines is 1. The minimum atomic E-state index is -1.17. The van der Waals surface area contributed by atoms with Crippen LogP contribution in [0.25, 0.3) is 10.9 Å². The first-order valence-electron chi connectivity index (χ1n) is 14.4. The number of hydrogen-bond donors (Lipinski definition) is 4. The molecule has 2 aromatic carbocycles. The quantitative estimate of drug-likeness (QED) is 0.244. The van der Waals surface area contributed by atoms with Crippen LogP contribution in [0, 0.1) is 5.92 Å². The third-order valence-electron chi connectivity index (χ3n) is 7.90. The second-order valence-electron chi connectivity index (χ2n) is 11.8.